The van der Waals surface area contributed by atoms with Gasteiger partial charge in [0.2, 0.25) is 0 Å². The van der Waals surface area contributed by atoms with E-state index < -0.39 is 15.8 Å². The average molecular weight is 485 g/mol. The van der Waals surface area contributed by atoms with Crippen molar-refractivity contribution in [3.05, 3.63) is 88.2 Å². The number of hydrogen-bond donors (Lipinski definition) is 2. The molecule has 2 N–H and O–H groups in total. The Kier molecular flexibility index (Phi) is 7.61. The molecule has 1 atom stereocenters. The van der Waals surface area contributed by atoms with Crippen LogP contribution in [-0.2, 0) is 14.8 Å². The first-order valence-corrected chi connectivity index (χ1v) is 12.3. The predicted molar refractivity (Wildman–Crippen MR) is 131 cm³/mol. The van der Waals surface area contributed by atoms with Gasteiger partial charge in [0.05, 0.1) is 10.9 Å². The minimum absolute atomic E-state index is 0.0324. The number of carbonyl (C=O) groups excluding carboxylic acids is 1. The van der Waals surface area contributed by atoms with Gasteiger partial charge in [0.25, 0.3) is 15.9 Å². The van der Waals surface area contributed by atoms with Crippen molar-refractivity contribution in [3.8, 4) is 5.75 Å². The molecule has 34 heavy (non-hydrogen) atoms. The highest BCUT2D eigenvalue weighted by atomic mass is 32.2. The van der Waals surface area contributed by atoms with Crippen LogP contribution in [0, 0.1) is 33.5 Å². The van der Waals surface area contributed by atoms with E-state index >= 15 is 0 Å². The summed E-state index contributed by atoms with van der Waals surface area (Å²) in [6.07, 6.45) is 0. The fourth-order valence-corrected chi connectivity index (χ4v) is 4.78. The van der Waals surface area contributed by atoms with E-state index in [9.17, 15) is 17.6 Å². The maximum atomic E-state index is 13.1. The van der Waals surface area contributed by atoms with E-state index in [1.165, 1.54) is 48.0 Å². The molecule has 0 saturated heterocycles. The Labute approximate surface area is 200 Å². The average Bonchev–Trinajstić information content (AvgIpc) is 2.76. The Hall–Kier alpha value is -3.39. The van der Waals surface area contributed by atoms with Crippen LogP contribution in [0.25, 0.3) is 0 Å². The number of rotatable bonds is 8. The van der Waals surface area contributed by atoms with E-state index in [-0.39, 0.29) is 29.1 Å². The van der Waals surface area contributed by atoms with Gasteiger partial charge in [0, 0.05) is 5.69 Å². The summed E-state index contributed by atoms with van der Waals surface area (Å²) in [5, 5.41) is 2.94. The molecule has 0 aliphatic heterocycles. The largest absolute Gasteiger partial charge is 0.484 e. The SMILES string of the molecule is Cc1cc(C)c([C@@H](C)NC(=O)COc2ccc(S(=O)(=O)Nc3ccc(F)cc3)cc2C)cc1C. The van der Waals surface area contributed by atoms with E-state index in [1.54, 1.807) is 6.92 Å². The molecular weight excluding hydrogens is 455 g/mol. The van der Waals surface area contributed by atoms with E-state index in [2.05, 4.69) is 29.1 Å². The molecule has 0 fully saturated rings. The third-order valence-corrected chi connectivity index (χ3v) is 7.02. The van der Waals surface area contributed by atoms with Crippen LogP contribution >= 0.6 is 0 Å². The van der Waals surface area contributed by atoms with Crippen LogP contribution in [0.2, 0.25) is 0 Å². The maximum Gasteiger partial charge on any atom is 0.261 e. The van der Waals surface area contributed by atoms with Crippen LogP contribution in [0.15, 0.2) is 59.5 Å². The van der Waals surface area contributed by atoms with Crippen LogP contribution in [0.1, 0.15) is 40.8 Å². The van der Waals surface area contributed by atoms with Gasteiger partial charge < -0.3 is 10.1 Å². The first-order chi connectivity index (χ1) is 16.0. The molecule has 3 aromatic carbocycles. The molecule has 8 heteroatoms. The second kappa shape index (κ2) is 10.3. The Morgan fingerprint density at radius 1 is 0.912 bits per heavy atom. The van der Waals surface area contributed by atoms with Crippen LogP contribution in [0.3, 0.4) is 0 Å². The van der Waals surface area contributed by atoms with E-state index in [0.29, 0.717) is 11.3 Å². The van der Waals surface area contributed by atoms with Crippen molar-refractivity contribution in [3.63, 3.8) is 0 Å². The van der Waals surface area contributed by atoms with Crippen molar-refractivity contribution in [2.45, 2.75) is 45.6 Å². The number of aryl methyl sites for hydroxylation is 4. The van der Waals surface area contributed by atoms with Gasteiger partial charge in [-0.05, 0) is 105 Å². The lowest BCUT2D eigenvalue weighted by molar-refractivity contribution is -0.123. The Balaban J connectivity index is 1.62. The van der Waals surface area contributed by atoms with Crippen molar-refractivity contribution < 1.29 is 22.3 Å². The fraction of sp³-hybridized carbons (Fsp3) is 0.269. The van der Waals surface area contributed by atoms with Gasteiger partial charge in [-0.15, -0.1) is 0 Å². The second-order valence-corrected chi connectivity index (χ2v) is 10.1. The highest BCUT2D eigenvalue weighted by molar-refractivity contribution is 7.92. The molecule has 0 bridgehead atoms. The summed E-state index contributed by atoms with van der Waals surface area (Å²) in [6, 6.07) is 13.4. The number of ether oxygens (including phenoxy) is 1. The molecular formula is C26H29FN2O4S. The highest BCUT2D eigenvalue weighted by Gasteiger charge is 2.17. The fourth-order valence-electron chi connectivity index (χ4n) is 3.64. The third-order valence-electron chi connectivity index (χ3n) is 5.64. The van der Waals surface area contributed by atoms with E-state index in [0.717, 1.165) is 16.7 Å². The topological polar surface area (TPSA) is 84.5 Å². The zero-order valence-electron chi connectivity index (χ0n) is 19.9. The minimum Gasteiger partial charge on any atom is -0.484 e. The van der Waals surface area contributed by atoms with Crippen LogP contribution in [-0.4, -0.2) is 20.9 Å². The molecule has 0 heterocycles. The molecule has 0 unspecified atom stereocenters. The van der Waals surface area contributed by atoms with Gasteiger partial charge in [-0.1, -0.05) is 12.1 Å². The maximum absolute atomic E-state index is 13.1. The molecule has 3 aromatic rings. The van der Waals surface area contributed by atoms with Crippen molar-refractivity contribution in [2.75, 3.05) is 11.3 Å². The molecule has 0 spiro atoms. The second-order valence-electron chi connectivity index (χ2n) is 8.41. The lowest BCUT2D eigenvalue weighted by Gasteiger charge is -2.19. The lowest BCUT2D eigenvalue weighted by Crippen LogP contribution is -2.31. The number of halogens is 1. The number of anilines is 1. The molecule has 0 radical (unpaired) electrons. The summed E-state index contributed by atoms with van der Waals surface area (Å²) in [6.45, 7) is 9.54. The molecule has 1 amide bonds. The minimum atomic E-state index is -3.86. The lowest BCUT2D eigenvalue weighted by atomic mass is 9.96. The Morgan fingerprint density at radius 3 is 2.21 bits per heavy atom. The van der Waals surface area contributed by atoms with E-state index in [1.807, 2.05) is 20.8 Å². The van der Waals surface area contributed by atoms with Crippen molar-refractivity contribution in [1.29, 1.82) is 0 Å². The summed E-state index contributed by atoms with van der Waals surface area (Å²) in [7, 11) is -3.86. The van der Waals surface area contributed by atoms with Crippen molar-refractivity contribution in [2.24, 2.45) is 0 Å². The zero-order chi connectivity index (χ0) is 25.0. The monoisotopic (exact) mass is 484 g/mol. The van der Waals surface area contributed by atoms with Crippen LogP contribution in [0.4, 0.5) is 10.1 Å². The molecule has 180 valence electrons. The predicted octanol–water partition coefficient (Wildman–Crippen LogP) is 5.12. The number of carbonyl (C=O) groups is 1. The van der Waals surface area contributed by atoms with Crippen LogP contribution < -0.4 is 14.8 Å². The summed E-state index contributed by atoms with van der Waals surface area (Å²) < 4.78 is 46.4. The van der Waals surface area contributed by atoms with Gasteiger partial charge >= 0.3 is 0 Å². The van der Waals surface area contributed by atoms with Crippen molar-refractivity contribution >= 4 is 21.6 Å². The van der Waals surface area contributed by atoms with Gasteiger partial charge in [-0.2, -0.15) is 0 Å². The first kappa shape index (κ1) is 25.2. The molecule has 0 saturated carbocycles. The highest BCUT2D eigenvalue weighted by Crippen LogP contribution is 2.24. The number of benzene rings is 3. The number of amides is 1. The summed E-state index contributed by atoms with van der Waals surface area (Å²) >= 11 is 0. The normalized spacial score (nSPS) is 12.2. The molecule has 0 aromatic heterocycles. The number of nitrogens with one attached hydrogen (secondary N) is 2. The Bertz CT molecular complexity index is 1310. The molecule has 0 aliphatic carbocycles. The van der Waals surface area contributed by atoms with Gasteiger partial charge in [0.15, 0.2) is 6.61 Å². The third kappa shape index (κ3) is 6.14. The zero-order valence-corrected chi connectivity index (χ0v) is 20.7. The molecule has 6 nitrogen and oxygen atoms in total. The first-order valence-electron chi connectivity index (χ1n) is 10.8. The molecule has 3 rings (SSSR count). The van der Waals surface area contributed by atoms with Gasteiger partial charge in [-0.3, -0.25) is 9.52 Å². The van der Waals surface area contributed by atoms with Gasteiger partial charge in [0.1, 0.15) is 11.6 Å². The summed E-state index contributed by atoms with van der Waals surface area (Å²) in [4.78, 5) is 12.5. The van der Waals surface area contributed by atoms with Gasteiger partial charge in [-0.25, -0.2) is 12.8 Å². The number of hydrogen-bond acceptors (Lipinski definition) is 4. The quantitative estimate of drug-likeness (QED) is 0.465. The smallest absolute Gasteiger partial charge is 0.261 e. The molecule has 0 aliphatic rings. The van der Waals surface area contributed by atoms with E-state index in [4.69, 9.17) is 4.74 Å². The Morgan fingerprint density at radius 2 is 1.56 bits per heavy atom. The summed E-state index contributed by atoms with van der Waals surface area (Å²) in [5.74, 6) is -0.326. The summed E-state index contributed by atoms with van der Waals surface area (Å²) in [5.41, 5.74) is 5.35. The van der Waals surface area contributed by atoms with Crippen molar-refractivity contribution in [1.82, 2.24) is 5.32 Å². The van der Waals surface area contributed by atoms with Crippen LogP contribution in [0.5, 0.6) is 5.75 Å². The standard InChI is InChI=1S/C26H29FN2O4S/c1-16-12-18(3)24(14-17(16)2)20(5)28-26(30)15-33-25-11-10-23(13-19(25)4)34(31,32)29-22-8-6-21(27)7-9-22/h6-14,20,29H,15H2,1-5H3,(H,28,30)/t20-/m1/s1. The number of sulfonamides is 1.